The van der Waals surface area contributed by atoms with Crippen molar-refractivity contribution < 1.29 is 22.4 Å². The zero-order valence-corrected chi connectivity index (χ0v) is 21.4. The van der Waals surface area contributed by atoms with Crippen molar-refractivity contribution in [3.63, 3.8) is 0 Å². The largest absolute Gasteiger partial charge is 0.481 e. The summed E-state index contributed by atoms with van der Waals surface area (Å²) in [5.74, 6) is 1.38. The van der Waals surface area contributed by atoms with Gasteiger partial charge in [-0.05, 0) is 19.9 Å². The van der Waals surface area contributed by atoms with E-state index in [0.29, 0.717) is 33.9 Å². The standard InChI is InChI=1S/C21H23ClN8O5S/c1-12-8-15(28-35-12)11-30-20(16-6-5-7-17(25-16)33-3)26-27-21(30)29-36(31,32)13(2)18(34-4)19-23-9-14(22)10-24-19/h5-10,13,18H,11H2,1-4H3,(H,27,29). The number of hydrogen-bond acceptors (Lipinski definition) is 11. The van der Waals surface area contributed by atoms with Crippen LogP contribution in [0, 0.1) is 6.92 Å². The molecule has 0 spiro atoms. The van der Waals surface area contributed by atoms with E-state index < -0.39 is 21.4 Å². The highest BCUT2D eigenvalue weighted by Gasteiger charge is 2.34. The van der Waals surface area contributed by atoms with Crippen LogP contribution in [0.5, 0.6) is 5.88 Å². The first-order chi connectivity index (χ1) is 17.2. The number of pyridine rings is 1. The molecule has 0 bridgehead atoms. The number of anilines is 1. The average molecular weight is 535 g/mol. The quantitative estimate of drug-likeness (QED) is 0.318. The molecule has 190 valence electrons. The molecule has 4 aromatic rings. The van der Waals surface area contributed by atoms with E-state index in [2.05, 4.69) is 35.0 Å². The third-order valence-corrected chi connectivity index (χ3v) is 7.10. The van der Waals surface area contributed by atoms with Crippen LogP contribution < -0.4 is 9.46 Å². The van der Waals surface area contributed by atoms with Gasteiger partial charge in [0, 0.05) is 31.6 Å². The van der Waals surface area contributed by atoms with Crippen molar-refractivity contribution in [2.45, 2.75) is 31.7 Å². The van der Waals surface area contributed by atoms with E-state index in [9.17, 15) is 8.42 Å². The Morgan fingerprint density at radius 3 is 2.58 bits per heavy atom. The van der Waals surface area contributed by atoms with Gasteiger partial charge in [0.2, 0.25) is 21.9 Å². The van der Waals surface area contributed by atoms with Crippen LogP contribution in [0.15, 0.2) is 41.2 Å². The van der Waals surface area contributed by atoms with Gasteiger partial charge in [-0.3, -0.25) is 9.29 Å². The predicted octanol–water partition coefficient (Wildman–Crippen LogP) is 2.65. The molecule has 36 heavy (non-hydrogen) atoms. The summed E-state index contributed by atoms with van der Waals surface area (Å²) < 4.78 is 46.6. The van der Waals surface area contributed by atoms with Gasteiger partial charge in [-0.2, -0.15) is 0 Å². The maximum absolute atomic E-state index is 13.4. The molecule has 0 radical (unpaired) electrons. The molecule has 13 nitrogen and oxygen atoms in total. The molecule has 0 amide bonds. The maximum atomic E-state index is 13.4. The van der Waals surface area contributed by atoms with Crippen LogP contribution in [0.2, 0.25) is 5.02 Å². The van der Waals surface area contributed by atoms with Crippen molar-refractivity contribution in [3.8, 4) is 17.4 Å². The number of halogens is 1. The third-order valence-electron chi connectivity index (χ3n) is 5.21. The topological polar surface area (TPSA) is 160 Å². The molecule has 1 N–H and O–H groups in total. The zero-order chi connectivity index (χ0) is 25.9. The van der Waals surface area contributed by atoms with Crippen molar-refractivity contribution in [2.75, 3.05) is 18.9 Å². The Kier molecular flexibility index (Phi) is 7.47. The number of aromatic nitrogens is 7. The number of ether oxygens (including phenoxy) is 2. The number of nitrogens with zero attached hydrogens (tertiary/aromatic N) is 7. The van der Waals surface area contributed by atoms with Crippen LogP contribution in [0.1, 0.15) is 30.3 Å². The number of methoxy groups -OCH3 is 2. The first-order valence-corrected chi connectivity index (χ1v) is 12.5. The van der Waals surface area contributed by atoms with E-state index in [1.165, 1.54) is 38.1 Å². The lowest BCUT2D eigenvalue weighted by molar-refractivity contribution is 0.0950. The lowest BCUT2D eigenvalue weighted by Crippen LogP contribution is -2.33. The molecule has 4 rings (SSSR count). The summed E-state index contributed by atoms with van der Waals surface area (Å²) in [4.78, 5) is 12.6. The first kappa shape index (κ1) is 25.5. The fourth-order valence-electron chi connectivity index (χ4n) is 3.38. The Morgan fingerprint density at radius 1 is 1.19 bits per heavy atom. The molecular weight excluding hydrogens is 512 g/mol. The van der Waals surface area contributed by atoms with E-state index in [1.807, 2.05) is 0 Å². The summed E-state index contributed by atoms with van der Waals surface area (Å²) >= 11 is 5.85. The SMILES string of the molecule is COc1cccc(-c2nnc(NS(=O)(=O)C(C)C(OC)c3ncc(Cl)cn3)n2Cc2cc(C)on2)n1. The molecule has 0 saturated carbocycles. The van der Waals surface area contributed by atoms with Gasteiger partial charge in [0.25, 0.3) is 0 Å². The third kappa shape index (κ3) is 5.45. The van der Waals surface area contributed by atoms with Gasteiger partial charge in [-0.15, -0.1) is 10.2 Å². The number of nitrogens with one attached hydrogen (secondary N) is 1. The highest BCUT2D eigenvalue weighted by Crippen LogP contribution is 2.27. The van der Waals surface area contributed by atoms with Crippen LogP contribution in [-0.2, 0) is 21.3 Å². The Morgan fingerprint density at radius 2 is 1.94 bits per heavy atom. The van der Waals surface area contributed by atoms with E-state index in [-0.39, 0.29) is 18.3 Å². The van der Waals surface area contributed by atoms with Gasteiger partial charge >= 0.3 is 0 Å². The van der Waals surface area contributed by atoms with Gasteiger partial charge in [0.1, 0.15) is 28.5 Å². The molecule has 0 aliphatic heterocycles. The molecule has 0 aromatic carbocycles. The molecule has 0 fully saturated rings. The minimum atomic E-state index is -4.07. The second-order valence-electron chi connectivity index (χ2n) is 7.70. The van der Waals surface area contributed by atoms with Crippen LogP contribution in [0.4, 0.5) is 5.95 Å². The summed E-state index contributed by atoms with van der Waals surface area (Å²) in [5, 5.41) is 11.5. The van der Waals surface area contributed by atoms with Crippen LogP contribution in [-0.4, -0.2) is 62.8 Å². The van der Waals surface area contributed by atoms with Crippen molar-refractivity contribution >= 4 is 27.6 Å². The first-order valence-electron chi connectivity index (χ1n) is 10.6. The van der Waals surface area contributed by atoms with Crippen molar-refractivity contribution in [3.05, 3.63) is 59.0 Å². The van der Waals surface area contributed by atoms with Crippen molar-refractivity contribution in [2.24, 2.45) is 0 Å². The fraction of sp³-hybridized carbons (Fsp3) is 0.333. The van der Waals surface area contributed by atoms with Crippen molar-refractivity contribution in [1.29, 1.82) is 0 Å². The monoisotopic (exact) mass is 534 g/mol. The summed E-state index contributed by atoms with van der Waals surface area (Å²) in [5.41, 5.74) is 0.958. The number of aryl methyl sites for hydroxylation is 1. The smallest absolute Gasteiger partial charge is 0.240 e. The van der Waals surface area contributed by atoms with Gasteiger partial charge in [0.05, 0.1) is 18.7 Å². The molecule has 15 heteroatoms. The Labute approximate surface area is 211 Å². The highest BCUT2D eigenvalue weighted by molar-refractivity contribution is 7.93. The lowest BCUT2D eigenvalue weighted by atomic mass is 10.2. The lowest BCUT2D eigenvalue weighted by Gasteiger charge is -2.22. The summed E-state index contributed by atoms with van der Waals surface area (Å²) in [6, 6.07) is 6.85. The van der Waals surface area contributed by atoms with Gasteiger partial charge in [-0.25, -0.2) is 23.4 Å². The molecule has 4 aromatic heterocycles. The Bertz CT molecular complexity index is 1440. The predicted molar refractivity (Wildman–Crippen MR) is 129 cm³/mol. The minimum absolute atomic E-state index is 0.0472. The normalized spacial score (nSPS) is 13.4. The van der Waals surface area contributed by atoms with E-state index >= 15 is 0 Å². The number of hydrogen-bond donors (Lipinski definition) is 1. The van der Waals surface area contributed by atoms with E-state index in [1.54, 1.807) is 31.2 Å². The van der Waals surface area contributed by atoms with E-state index in [0.717, 1.165) is 0 Å². The van der Waals surface area contributed by atoms with Crippen LogP contribution in [0.3, 0.4) is 0 Å². The Hall–Kier alpha value is -3.62. The molecule has 0 saturated heterocycles. The van der Waals surface area contributed by atoms with Gasteiger partial charge < -0.3 is 14.0 Å². The molecule has 2 unspecified atom stereocenters. The van der Waals surface area contributed by atoms with E-state index in [4.69, 9.17) is 25.6 Å². The number of rotatable bonds is 10. The van der Waals surface area contributed by atoms with Crippen LogP contribution >= 0.6 is 11.6 Å². The zero-order valence-electron chi connectivity index (χ0n) is 19.8. The second kappa shape index (κ2) is 10.6. The molecule has 4 heterocycles. The number of sulfonamides is 1. The summed E-state index contributed by atoms with van der Waals surface area (Å²) in [6.45, 7) is 3.34. The second-order valence-corrected chi connectivity index (χ2v) is 10.2. The average Bonchev–Trinajstić information content (AvgIpc) is 3.46. The highest BCUT2D eigenvalue weighted by atomic mass is 35.5. The maximum Gasteiger partial charge on any atom is 0.240 e. The molecule has 0 aliphatic carbocycles. The Balaban J connectivity index is 1.70. The van der Waals surface area contributed by atoms with Gasteiger partial charge in [-0.1, -0.05) is 22.8 Å². The summed E-state index contributed by atoms with van der Waals surface area (Å²) in [7, 11) is -1.21. The molecule has 2 atom stereocenters. The molecular formula is C21H23ClN8O5S. The van der Waals surface area contributed by atoms with Crippen molar-refractivity contribution in [1.82, 2.24) is 34.9 Å². The van der Waals surface area contributed by atoms with Crippen LogP contribution in [0.25, 0.3) is 11.5 Å². The fourth-order valence-corrected chi connectivity index (χ4v) is 4.63. The van der Waals surface area contributed by atoms with Gasteiger partial charge in [0.15, 0.2) is 11.6 Å². The summed E-state index contributed by atoms with van der Waals surface area (Å²) in [6.07, 6.45) is 1.76. The minimum Gasteiger partial charge on any atom is -0.481 e. The molecule has 0 aliphatic rings.